The van der Waals surface area contributed by atoms with Gasteiger partial charge in [-0.2, -0.15) is 4.31 Å². The van der Waals surface area contributed by atoms with Gasteiger partial charge in [0.1, 0.15) is 5.69 Å². The topological polar surface area (TPSA) is 102 Å². The Hall–Kier alpha value is -2.49. The number of nitro groups is 1. The summed E-state index contributed by atoms with van der Waals surface area (Å²) in [6.07, 6.45) is 3.15. The fourth-order valence-electron chi connectivity index (χ4n) is 4.14. The molecule has 8 nitrogen and oxygen atoms in total. The number of nitrogens with one attached hydrogen (secondary N) is 1. The van der Waals surface area contributed by atoms with Crippen LogP contribution in [0.2, 0.25) is 0 Å². The van der Waals surface area contributed by atoms with Gasteiger partial charge in [0.15, 0.2) is 0 Å². The quantitative estimate of drug-likeness (QED) is 0.534. The molecule has 0 atom stereocenters. The van der Waals surface area contributed by atoms with Gasteiger partial charge in [-0.25, -0.2) is 8.42 Å². The van der Waals surface area contributed by atoms with Crippen molar-refractivity contribution in [2.45, 2.75) is 29.6 Å². The Balaban J connectivity index is 1.58. The summed E-state index contributed by atoms with van der Waals surface area (Å²) in [6.45, 7) is 1.70. The first-order valence-electron chi connectivity index (χ1n) is 10.1. The number of ether oxygens (including phenoxy) is 1. The molecule has 0 bridgehead atoms. The number of rotatable bonds is 7. The zero-order chi connectivity index (χ0) is 21.2. The first-order chi connectivity index (χ1) is 14.4. The van der Waals surface area contributed by atoms with Crippen molar-refractivity contribution in [1.82, 2.24) is 4.31 Å². The van der Waals surface area contributed by atoms with Crippen molar-refractivity contribution in [3.05, 3.63) is 64.2 Å². The molecule has 1 heterocycles. The van der Waals surface area contributed by atoms with E-state index >= 15 is 0 Å². The Morgan fingerprint density at radius 1 is 1.10 bits per heavy atom. The lowest BCUT2D eigenvalue weighted by atomic mass is 9.64. The highest BCUT2D eigenvalue weighted by molar-refractivity contribution is 7.89. The van der Waals surface area contributed by atoms with Gasteiger partial charge in [-0.1, -0.05) is 36.8 Å². The van der Waals surface area contributed by atoms with Crippen LogP contribution in [-0.4, -0.2) is 50.5 Å². The summed E-state index contributed by atoms with van der Waals surface area (Å²) in [6, 6.07) is 14.3. The minimum absolute atomic E-state index is 0.0479. The van der Waals surface area contributed by atoms with Gasteiger partial charge < -0.3 is 10.1 Å². The molecule has 9 heteroatoms. The first-order valence-corrected chi connectivity index (χ1v) is 11.5. The van der Waals surface area contributed by atoms with E-state index < -0.39 is 14.9 Å². The third-order valence-electron chi connectivity index (χ3n) is 6.09. The van der Waals surface area contributed by atoms with Crippen molar-refractivity contribution < 1.29 is 18.1 Å². The van der Waals surface area contributed by atoms with Crippen LogP contribution < -0.4 is 5.32 Å². The van der Waals surface area contributed by atoms with Crippen molar-refractivity contribution in [3.8, 4) is 0 Å². The Labute approximate surface area is 176 Å². The fraction of sp³-hybridized carbons (Fsp3) is 0.429. The Morgan fingerprint density at radius 2 is 1.80 bits per heavy atom. The SMILES string of the molecule is O=[N+]([O-])c1cc(S(=O)(=O)N2CCOCC2)ccc1NCC1(c2ccccc2)CCC1. The molecule has 1 saturated heterocycles. The van der Waals surface area contributed by atoms with Crippen LogP contribution in [0.3, 0.4) is 0 Å². The molecule has 2 aliphatic rings. The van der Waals surface area contributed by atoms with Crippen LogP contribution in [0.4, 0.5) is 11.4 Å². The maximum atomic E-state index is 12.9. The molecule has 0 aromatic heterocycles. The van der Waals surface area contributed by atoms with Crippen molar-refractivity contribution in [3.63, 3.8) is 0 Å². The molecule has 30 heavy (non-hydrogen) atoms. The molecular formula is C21H25N3O5S. The fourth-order valence-corrected chi connectivity index (χ4v) is 5.56. The van der Waals surface area contributed by atoms with Crippen LogP contribution in [-0.2, 0) is 20.2 Å². The predicted octanol–water partition coefficient (Wildman–Crippen LogP) is 3.15. The van der Waals surface area contributed by atoms with E-state index in [-0.39, 0.29) is 29.1 Å². The number of hydrogen-bond donors (Lipinski definition) is 1. The zero-order valence-corrected chi connectivity index (χ0v) is 17.4. The molecule has 1 aliphatic carbocycles. The maximum absolute atomic E-state index is 12.9. The number of sulfonamides is 1. The van der Waals surface area contributed by atoms with E-state index in [1.54, 1.807) is 0 Å². The van der Waals surface area contributed by atoms with Gasteiger partial charge in [0.25, 0.3) is 5.69 Å². The number of nitro benzene ring substituents is 1. The van der Waals surface area contributed by atoms with Gasteiger partial charge in [-0.15, -0.1) is 0 Å². The number of nitrogens with zero attached hydrogens (tertiary/aromatic N) is 2. The van der Waals surface area contributed by atoms with E-state index in [2.05, 4.69) is 17.4 Å². The number of hydrogen-bond acceptors (Lipinski definition) is 6. The summed E-state index contributed by atoms with van der Waals surface area (Å²) in [5.41, 5.74) is 1.28. The van der Waals surface area contributed by atoms with Crippen LogP contribution in [0.15, 0.2) is 53.4 Å². The lowest BCUT2D eigenvalue weighted by Crippen LogP contribution is -2.41. The average molecular weight is 432 g/mol. The van der Waals surface area contributed by atoms with Crippen LogP contribution in [0, 0.1) is 10.1 Å². The highest BCUT2D eigenvalue weighted by Gasteiger charge is 2.39. The molecule has 0 amide bonds. The Bertz CT molecular complexity index is 1020. The van der Waals surface area contributed by atoms with E-state index in [1.807, 2.05) is 18.2 Å². The average Bonchev–Trinajstić information content (AvgIpc) is 2.74. The lowest BCUT2D eigenvalue weighted by molar-refractivity contribution is -0.384. The molecule has 1 N–H and O–H groups in total. The van der Waals surface area contributed by atoms with E-state index in [9.17, 15) is 18.5 Å². The normalized spacial score (nSPS) is 19.1. The van der Waals surface area contributed by atoms with E-state index in [4.69, 9.17) is 4.74 Å². The first kappa shape index (κ1) is 20.8. The molecule has 1 aliphatic heterocycles. The van der Waals surface area contributed by atoms with Crippen LogP contribution in [0.1, 0.15) is 24.8 Å². The third-order valence-corrected chi connectivity index (χ3v) is 7.98. The van der Waals surface area contributed by atoms with Crippen molar-refractivity contribution in [2.24, 2.45) is 0 Å². The van der Waals surface area contributed by atoms with Crippen molar-refractivity contribution in [1.29, 1.82) is 0 Å². The minimum Gasteiger partial charge on any atom is -0.379 e. The lowest BCUT2D eigenvalue weighted by Gasteiger charge is -2.42. The third kappa shape index (κ3) is 3.92. The predicted molar refractivity (Wildman–Crippen MR) is 113 cm³/mol. The smallest absolute Gasteiger partial charge is 0.293 e. The van der Waals surface area contributed by atoms with E-state index in [0.29, 0.717) is 25.4 Å². The summed E-state index contributed by atoms with van der Waals surface area (Å²) in [4.78, 5) is 11.1. The van der Waals surface area contributed by atoms with Crippen LogP contribution in [0.5, 0.6) is 0 Å². The van der Waals surface area contributed by atoms with Crippen LogP contribution >= 0.6 is 0 Å². The molecule has 0 radical (unpaired) electrons. The highest BCUT2D eigenvalue weighted by Crippen LogP contribution is 2.44. The summed E-state index contributed by atoms with van der Waals surface area (Å²) in [5, 5.41) is 14.9. The molecule has 0 spiro atoms. The summed E-state index contributed by atoms with van der Waals surface area (Å²) in [7, 11) is -3.79. The molecule has 1 saturated carbocycles. The largest absolute Gasteiger partial charge is 0.379 e. The number of benzene rings is 2. The van der Waals surface area contributed by atoms with Gasteiger partial charge in [0.2, 0.25) is 10.0 Å². The maximum Gasteiger partial charge on any atom is 0.293 e. The molecular weight excluding hydrogens is 406 g/mol. The number of morpholine rings is 1. The minimum atomic E-state index is -3.79. The molecule has 2 aromatic carbocycles. The standard InChI is InChI=1S/C21H25N3O5S/c25-24(26)20-15-18(30(27,28)23-11-13-29-14-12-23)7-8-19(20)22-16-21(9-4-10-21)17-5-2-1-3-6-17/h1-3,5-8,15,22H,4,9-14,16H2. The number of anilines is 1. The summed E-state index contributed by atoms with van der Waals surface area (Å²) < 4.78 is 32.2. The Morgan fingerprint density at radius 3 is 2.40 bits per heavy atom. The second-order valence-corrected chi connectivity index (χ2v) is 9.74. The van der Waals surface area contributed by atoms with E-state index in [1.165, 1.54) is 22.0 Å². The van der Waals surface area contributed by atoms with Crippen molar-refractivity contribution in [2.75, 3.05) is 38.2 Å². The van der Waals surface area contributed by atoms with Gasteiger partial charge in [-0.05, 0) is 30.5 Å². The van der Waals surface area contributed by atoms with E-state index in [0.717, 1.165) is 25.3 Å². The summed E-state index contributed by atoms with van der Waals surface area (Å²) in [5.74, 6) is 0. The second kappa shape index (κ2) is 8.33. The zero-order valence-electron chi connectivity index (χ0n) is 16.6. The second-order valence-electron chi connectivity index (χ2n) is 7.81. The monoisotopic (exact) mass is 431 g/mol. The molecule has 4 rings (SSSR count). The van der Waals surface area contributed by atoms with Gasteiger partial charge in [-0.3, -0.25) is 10.1 Å². The molecule has 2 fully saturated rings. The molecule has 2 aromatic rings. The van der Waals surface area contributed by atoms with Gasteiger partial charge in [0.05, 0.1) is 23.0 Å². The van der Waals surface area contributed by atoms with Crippen molar-refractivity contribution >= 4 is 21.4 Å². The highest BCUT2D eigenvalue weighted by atomic mass is 32.2. The molecule has 0 unspecified atom stereocenters. The Kier molecular flexibility index (Phi) is 5.77. The van der Waals surface area contributed by atoms with Gasteiger partial charge >= 0.3 is 0 Å². The van der Waals surface area contributed by atoms with Crippen LogP contribution in [0.25, 0.3) is 0 Å². The summed E-state index contributed by atoms with van der Waals surface area (Å²) >= 11 is 0. The molecule has 160 valence electrons. The van der Waals surface area contributed by atoms with Gasteiger partial charge in [0, 0.05) is 31.1 Å².